The number of hydrogen-bond acceptors (Lipinski definition) is 2. The topological polar surface area (TPSA) is 57.8 Å². The number of anilines is 1. The largest absolute Gasteiger partial charge is 0.307 e. The molecule has 1 heterocycles. The van der Waals surface area contributed by atoms with E-state index in [4.69, 9.17) is 11.6 Å². The van der Waals surface area contributed by atoms with E-state index < -0.39 is 0 Å². The molecule has 0 atom stereocenters. The summed E-state index contributed by atoms with van der Waals surface area (Å²) in [7, 11) is 0. The van der Waals surface area contributed by atoms with E-state index in [2.05, 4.69) is 31.4 Å². The number of aromatic amines is 1. The highest BCUT2D eigenvalue weighted by Gasteiger charge is 2.13. The number of aromatic nitrogens is 2. The monoisotopic (exact) mass is 313 g/mol. The maximum absolute atomic E-state index is 12.0. The van der Waals surface area contributed by atoms with Gasteiger partial charge in [0, 0.05) is 10.0 Å². The van der Waals surface area contributed by atoms with Crippen molar-refractivity contribution in [2.45, 2.75) is 6.92 Å². The van der Waals surface area contributed by atoms with Gasteiger partial charge in [-0.25, -0.2) is 0 Å². The van der Waals surface area contributed by atoms with Crippen molar-refractivity contribution in [3.8, 4) is 0 Å². The lowest BCUT2D eigenvalue weighted by Crippen LogP contribution is -2.13. The molecule has 0 fully saturated rings. The van der Waals surface area contributed by atoms with Crippen molar-refractivity contribution in [2.75, 3.05) is 5.32 Å². The predicted molar refractivity (Wildman–Crippen MR) is 70.4 cm³/mol. The molecule has 2 aromatic rings. The van der Waals surface area contributed by atoms with E-state index in [0.717, 1.165) is 5.56 Å². The van der Waals surface area contributed by atoms with Gasteiger partial charge >= 0.3 is 0 Å². The Hall–Kier alpha value is -1.33. The van der Waals surface area contributed by atoms with Crippen molar-refractivity contribution >= 4 is 39.3 Å². The number of amides is 1. The average molecular weight is 315 g/mol. The molecule has 17 heavy (non-hydrogen) atoms. The van der Waals surface area contributed by atoms with Gasteiger partial charge in [-0.1, -0.05) is 17.7 Å². The summed E-state index contributed by atoms with van der Waals surface area (Å²) in [6.45, 7) is 1.85. The Bertz CT molecular complexity index is 568. The van der Waals surface area contributed by atoms with Crippen molar-refractivity contribution in [3.63, 3.8) is 0 Å². The van der Waals surface area contributed by atoms with Gasteiger partial charge in [0.2, 0.25) is 0 Å². The highest BCUT2D eigenvalue weighted by Crippen LogP contribution is 2.26. The number of carbonyl (C=O) groups excluding carboxylic acids is 1. The Morgan fingerprint density at radius 3 is 2.94 bits per heavy atom. The summed E-state index contributed by atoms with van der Waals surface area (Å²) in [6, 6.07) is 5.19. The molecule has 0 saturated carbocycles. The van der Waals surface area contributed by atoms with E-state index >= 15 is 0 Å². The lowest BCUT2D eigenvalue weighted by atomic mass is 10.2. The minimum absolute atomic E-state index is 0.274. The zero-order chi connectivity index (χ0) is 12.4. The molecule has 1 aromatic heterocycles. The number of nitrogens with zero attached hydrogens (tertiary/aromatic N) is 1. The number of carbonyl (C=O) groups is 1. The molecule has 1 aromatic carbocycles. The average Bonchev–Trinajstić information content (AvgIpc) is 2.68. The van der Waals surface area contributed by atoms with Crippen LogP contribution in [0.15, 0.2) is 28.9 Å². The van der Waals surface area contributed by atoms with Crippen molar-refractivity contribution in [1.29, 1.82) is 0 Å². The first-order valence-corrected chi connectivity index (χ1v) is 6.02. The number of nitrogens with one attached hydrogen (secondary N) is 2. The van der Waals surface area contributed by atoms with Crippen LogP contribution in [0.4, 0.5) is 5.82 Å². The molecule has 0 aliphatic carbocycles. The van der Waals surface area contributed by atoms with Crippen molar-refractivity contribution in [1.82, 2.24) is 10.2 Å². The van der Waals surface area contributed by atoms with Crippen LogP contribution in [0.25, 0.3) is 0 Å². The predicted octanol–water partition coefficient (Wildman–Crippen LogP) is 3.39. The number of H-pyrrole nitrogens is 1. The molecule has 6 heteroatoms. The van der Waals surface area contributed by atoms with Crippen LogP contribution in [-0.4, -0.2) is 16.1 Å². The SMILES string of the molecule is Cc1cn[nH]c1NC(=O)c1cccc(Br)c1Cl. The molecule has 4 nitrogen and oxygen atoms in total. The van der Waals surface area contributed by atoms with Crippen molar-refractivity contribution < 1.29 is 4.79 Å². The summed E-state index contributed by atoms with van der Waals surface area (Å²) in [5.41, 5.74) is 1.28. The van der Waals surface area contributed by atoms with Gasteiger partial charge in [0.1, 0.15) is 5.82 Å². The Morgan fingerprint density at radius 2 is 2.29 bits per heavy atom. The fraction of sp³-hybridized carbons (Fsp3) is 0.0909. The quantitative estimate of drug-likeness (QED) is 0.892. The Labute approximate surface area is 111 Å². The molecule has 0 unspecified atom stereocenters. The zero-order valence-electron chi connectivity index (χ0n) is 8.92. The van der Waals surface area contributed by atoms with Gasteiger partial charge in [-0.3, -0.25) is 9.89 Å². The molecule has 0 bridgehead atoms. The van der Waals surface area contributed by atoms with Crippen molar-refractivity contribution in [3.05, 3.63) is 45.0 Å². The highest BCUT2D eigenvalue weighted by atomic mass is 79.9. The Kier molecular flexibility index (Phi) is 3.49. The summed E-state index contributed by atoms with van der Waals surface area (Å²) in [4.78, 5) is 12.0. The molecule has 1 amide bonds. The van der Waals surface area contributed by atoms with Crippen molar-refractivity contribution in [2.24, 2.45) is 0 Å². The van der Waals surface area contributed by atoms with Crippen LogP contribution in [0.2, 0.25) is 5.02 Å². The van der Waals surface area contributed by atoms with Crippen LogP contribution in [-0.2, 0) is 0 Å². The summed E-state index contributed by atoms with van der Waals surface area (Å²) in [6.07, 6.45) is 1.64. The maximum atomic E-state index is 12.0. The van der Waals surface area contributed by atoms with Crippen LogP contribution in [0.5, 0.6) is 0 Å². The molecule has 2 rings (SSSR count). The summed E-state index contributed by atoms with van der Waals surface area (Å²) in [5.74, 6) is 0.301. The molecule has 88 valence electrons. The first-order valence-electron chi connectivity index (χ1n) is 4.85. The van der Waals surface area contributed by atoms with Gasteiger partial charge in [0.15, 0.2) is 0 Å². The zero-order valence-corrected chi connectivity index (χ0v) is 11.3. The molecule has 0 aliphatic heterocycles. The van der Waals surface area contributed by atoms with Crippen LogP contribution in [0, 0.1) is 6.92 Å². The van der Waals surface area contributed by atoms with Crippen LogP contribution in [0.1, 0.15) is 15.9 Å². The second kappa shape index (κ2) is 4.89. The minimum atomic E-state index is -0.274. The summed E-state index contributed by atoms with van der Waals surface area (Å²) >= 11 is 9.31. The van der Waals surface area contributed by atoms with Gasteiger partial charge in [0.25, 0.3) is 5.91 Å². The van der Waals surface area contributed by atoms with Gasteiger partial charge in [0.05, 0.1) is 16.8 Å². The summed E-state index contributed by atoms with van der Waals surface area (Å²) < 4.78 is 0.688. The first kappa shape index (κ1) is 12.1. The normalized spacial score (nSPS) is 10.3. The van der Waals surface area contributed by atoms with E-state index in [1.807, 2.05) is 6.92 Å². The Morgan fingerprint density at radius 1 is 1.53 bits per heavy atom. The Balaban J connectivity index is 2.27. The smallest absolute Gasteiger partial charge is 0.258 e. The molecule has 0 saturated heterocycles. The number of benzene rings is 1. The maximum Gasteiger partial charge on any atom is 0.258 e. The molecular weight excluding hydrogens is 305 g/mol. The summed E-state index contributed by atoms with van der Waals surface area (Å²) in [5, 5.41) is 9.63. The second-order valence-corrected chi connectivity index (χ2v) is 4.72. The van der Waals surface area contributed by atoms with E-state index in [1.54, 1.807) is 24.4 Å². The van der Waals surface area contributed by atoms with Gasteiger partial charge < -0.3 is 5.32 Å². The van der Waals surface area contributed by atoms with E-state index in [1.165, 1.54) is 0 Å². The van der Waals surface area contributed by atoms with E-state index in [-0.39, 0.29) is 5.91 Å². The van der Waals surface area contributed by atoms with Gasteiger partial charge in [-0.2, -0.15) is 5.10 Å². The number of halogens is 2. The van der Waals surface area contributed by atoms with Gasteiger partial charge in [-0.15, -0.1) is 0 Å². The third-order valence-electron chi connectivity index (χ3n) is 2.26. The first-order chi connectivity index (χ1) is 8.09. The molecule has 0 radical (unpaired) electrons. The van der Waals surface area contributed by atoms with E-state index in [0.29, 0.717) is 20.9 Å². The standard InChI is InChI=1S/C11H9BrClN3O/c1-6-5-14-16-10(6)15-11(17)7-3-2-4-8(12)9(7)13/h2-5H,1H3,(H2,14,15,16,17). The van der Waals surface area contributed by atoms with Crippen LogP contribution >= 0.6 is 27.5 Å². The molecular formula is C11H9BrClN3O. The number of hydrogen-bond donors (Lipinski definition) is 2. The minimum Gasteiger partial charge on any atom is -0.307 e. The van der Waals surface area contributed by atoms with Crippen LogP contribution in [0.3, 0.4) is 0 Å². The fourth-order valence-corrected chi connectivity index (χ4v) is 1.91. The fourth-order valence-electron chi connectivity index (χ4n) is 1.33. The molecule has 0 spiro atoms. The second-order valence-electron chi connectivity index (χ2n) is 3.48. The third-order valence-corrected chi connectivity index (χ3v) is 3.56. The highest BCUT2D eigenvalue weighted by molar-refractivity contribution is 9.10. The van der Waals surface area contributed by atoms with Crippen LogP contribution < -0.4 is 5.32 Å². The lowest BCUT2D eigenvalue weighted by molar-refractivity contribution is 0.102. The molecule has 0 aliphatic rings. The third kappa shape index (κ3) is 2.50. The molecule has 2 N–H and O–H groups in total. The van der Waals surface area contributed by atoms with Gasteiger partial charge in [-0.05, 0) is 35.0 Å². The van der Waals surface area contributed by atoms with E-state index in [9.17, 15) is 4.79 Å². The number of aryl methyl sites for hydroxylation is 1. The lowest BCUT2D eigenvalue weighted by Gasteiger charge is -2.06. The number of rotatable bonds is 2.